The second-order valence-corrected chi connectivity index (χ2v) is 7.85. The Balaban J connectivity index is 2.35. The molecule has 0 saturated heterocycles. The van der Waals surface area contributed by atoms with Gasteiger partial charge in [-0.3, -0.25) is 19.1 Å². The summed E-state index contributed by atoms with van der Waals surface area (Å²) in [6.45, 7) is 11.2. The number of nitrogens with one attached hydrogen (secondary N) is 1. The quantitative estimate of drug-likeness (QED) is 0.317. The molecular weight excluding hydrogens is 417 g/mol. The lowest BCUT2D eigenvalue weighted by Crippen LogP contribution is -2.42. The number of carbonyl (C=O) groups excluding carboxylic acids is 1. The fraction of sp³-hybridized carbons (Fsp3) is 0.227. The number of hydrogen-bond donors (Lipinski definition) is 3. The SMILES string of the molecule is [C-]#[N+]c1cc(C)cc(C(=O)c2c(C(C)(C)O)c(=O)[nH]c(=O)n2Cc2cc(N)nc(F)c2)c1. The van der Waals surface area contributed by atoms with Gasteiger partial charge in [-0.15, -0.1) is 0 Å². The number of aromatic nitrogens is 3. The Morgan fingerprint density at radius 3 is 2.56 bits per heavy atom. The number of hydrogen-bond acceptors (Lipinski definition) is 6. The first-order chi connectivity index (χ1) is 14.9. The number of nitrogens with two attached hydrogens (primary N) is 1. The number of nitrogens with zero attached hydrogens (tertiary/aromatic N) is 3. The van der Waals surface area contributed by atoms with Crippen LogP contribution < -0.4 is 17.0 Å². The van der Waals surface area contributed by atoms with Crippen LogP contribution in [0.2, 0.25) is 0 Å². The van der Waals surface area contributed by atoms with Crippen molar-refractivity contribution in [3.63, 3.8) is 0 Å². The maximum absolute atomic E-state index is 13.7. The smallest absolute Gasteiger partial charge is 0.329 e. The molecule has 2 heterocycles. The van der Waals surface area contributed by atoms with Crippen molar-refractivity contribution < 1.29 is 14.3 Å². The second-order valence-electron chi connectivity index (χ2n) is 7.85. The van der Waals surface area contributed by atoms with Crippen molar-refractivity contribution in [2.45, 2.75) is 32.9 Å². The molecule has 0 saturated carbocycles. The van der Waals surface area contributed by atoms with Gasteiger partial charge in [0.1, 0.15) is 11.5 Å². The van der Waals surface area contributed by atoms with Gasteiger partial charge in [0.05, 0.1) is 24.3 Å². The Labute approximate surface area is 181 Å². The van der Waals surface area contributed by atoms with E-state index in [9.17, 15) is 23.9 Å². The fourth-order valence-corrected chi connectivity index (χ4v) is 3.47. The van der Waals surface area contributed by atoms with E-state index < -0.39 is 28.6 Å². The predicted molar refractivity (Wildman–Crippen MR) is 115 cm³/mol. The van der Waals surface area contributed by atoms with Crippen LogP contribution in [0.3, 0.4) is 0 Å². The molecule has 32 heavy (non-hydrogen) atoms. The molecule has 1 aromatic carbocycles. The number of carbonyl (C=O) groups is 1. The average molecular weight is 437 g/mol. The molecule has 0 spiro atoms. The van der Waals surface area contributed by atoms with Crippen LogP contribution in [-0.4, -0.2) is 25.4 Å². The summed E-state index contributed by atoms with van der Waals surface area (Å²) in [6, 6.07) is 6.77. The van der Waals surface area contributed by atoms with Gasteiger partial charge >= 0.3 is 5.69 Å². The molecule has 0 aliphatic carbocycles. The number of aromatic amines is 1. The van der Waals surface area contributed by atoms with Gasteiger partial charge in [0.2, 0.25) is 11.7 Å². The molecular formula is C22H20FN5O4. The molecule has 0 aliphatic rings. The summed E-state index contributed by atoms with van der Waals surface area (Å²) in [5, 5.41) is 10.6. The first-order valence-electron chi connectivity index (χ1n) is 9.46. The standard InChI is InChI=1S/C22H20FN5O4/c1-11-5-13(9-14(6-11)25-4)19(29)18-17(22(2,3)32)20(30)27-21(31)28(18)10-12-7-15(23)26-16(24)8-12/h5-9,32H,10H2,1-3H3,(H2,24,26)(H,27,30,31). The lowest BCUT2D eigenvalue weighted by Gasteiger charge is -2.23. The molecule has 2 aromatic heterocycles. The van der Waals surface area contributed by atoms with Crippen molar-refractivity contribution in [2.24, 2.45) is 0 Å². The lowest BCUT2D eigenvalue weighted by atomic mass is 9.93. The molecule has 0 atom stereocenters. The van der Waals surface area contributed by atoms with Gasteiger partial charge < -0.3 is 10.8 Å². The highest BCUT2D eigenvalue weighted by atomic mass is 19.1. The van der Waals surface area contributed by atoms with Crippen LogP contribution in [0.4, 0.5) is 15.9 Å². The van der Waals surface area contributed by atoms with Crippen molar-refractivity contribution in [1.29, 1.82) is 0 Å². The highest BCUT2D eigenvalue weighted by Crippen LogP contribution is 2.25. The molecule has 9 nitrogen and oxygen atoms in total. The number of aliphatic hydroxyl groups is 1. The van der Waals surface area contributed by atoms with Crippen molar-refractivity contribution in [1.82, 2.24) is 14.5 Å². The zero-order valence-corrected chi connectivity index (χ0v) is 17.6. The monoisotopic (exact) mass is 437 g/mol. The van der Waals surface area contributed by atoms with Crippen molar-refractivity contribution in [2.75, 3.05) is 5.73 Å². The van der Waals surface area contributed by atoms with E-state index in [0.717, 1.165) is 10.6 Å². The Kier molecular flexibility index (Phi) is 5.79. The summed E-state index contributed by atoms with van der Waals surface area (Å²) in [6.07, 6.45) is 0. The molecule has 3 aromatic rings. The molecule has 0 fully saturated rings. The van der Waals surface area contributed by atoms with E-state index in [4.69, 9.17) is 12.3 Å². The third kappa shape index (κ3) is 4.48. The number of nitrogen functional groups attached to an aromatic ring is 1. The van der Waals surface area contributed by atoms with Crippen molar-refractivity contribution in [3.8, 4) is 0 Å². The largest absolute Gasteiger partial charge is 0.385 e. The third-order valence-corrected chi connectivity index (χ3v) is 4.69. The van der Waals surface area contributed by atoms with Crippen LogP contribution in [0, 0.1) is 19.4 Å². The van der Waals surface area contributed by atoms with Gasteiger partial charge in [0.15, 0.2) is 5.69 Å². The Morgan fingerprint density at radius 2 is 1.97 bits per heavy atom. The molecule has 0 aliphatic heterocycles. The van der Waals surface area contributed by atoms with E-state index in [2.05, 4.69) is 14.8 Å². The average Bonchev–Trinajstić information content (AvgIpc) is 2.66. The minimum absolute atomic E-state index is 0.0562. The van der Waals surface area contributed by atoms with Gasteiger partial charge in [0.25, 0.3) is 5.56 Å². The zero-order valence-electron chi connectivity index (χ0n) is 17.6. The van der Waals surface area contributed by atoms with E-state index in [-0.39, 0.29) is 40.4 Å². The number of ketones is 1. The number of aryl methyl sites for hydroxylation is 1. The van der Waals surface area contributed by atoms with Crippen LogP contribution in [0.5, 0.6) is 0 Å². The predicted octanol–water partition coefficient (Wildman–Crippen LogP) is 2.02. The van der Waals surface area contributed by atoms with E-state index in [1.807, 2.05) is 0 Å². The fourth-order valence-electron chi connectivity index (χ4n) is 3.47. The highest BCUT2D eigenvalue weighted by molar-refractivity contribution is 6.09. The van der Waals surface area contributed by atoms with Gasteiger partial charge in [-0.05, 0) is 44.5 Å². The van der Waals surface area contributed by atoms with Gasteiger partial charge in [-0.1, -0.05) is 17.7 Å². The molecule has 0 bridgehead atoms. The summed E-state index contributed by atoms with van der Waals surface area (Å²) in [4.78, 5) is 47.8. The summed E-state index contributed by atoms with van der Waals surface area (Å²) >= 11 is 0. The lowest BCUT2D eigenvalue weighted by molar-refractivity contribution is 0.0729. The molecule has 3 rings (SSSR count). The van der Waals surface area contributed by atoms with Crippen LogP contribution >= 0.6 is 0 Å². The minimum atomic E-state index is -1.80. The van der Waals surface area contributed by atoms with Crippen LogP contribution in [0.15, 0.2) is 39.9 Å². The number of rotatable bonds is 5. The Bertz CT molecular complexity index is 1370. The van der Waals surface area contributed by atoms with Crippen LogP contribution in [0.25, 0.3) is 4.85 Å². The maximum Gasteiger partial charge on any atom is 0.329 e. The number of anilines is 1. The summed E-state index contributed by atoms with van der Waals surface area (Å²) in [7, 11) is 0. The molecule has 10 heteroatoms. The van der Waals surface area contributed by atoms with Gasteiger partial charge in [-0.25, -0.2) is 14.6 Å². The first kappa shape index (κ1) is 22.6. The van der Waals surface area contributed by atoms with Crippen LogP contribution in [0.1, 0.15) is 46.6 Å². The molecule has 0 radical (unpaired) electrons. The van der Waals surface area contributed by atoms with Crippen LogP contribution in [-0.2, 0) is 12.1 Å². The van der Waals surface area contributed by atoms with Crippen molar-refractivity contribution in [3.05, 3.63) is 96.5 Å². The topological polar surface area (TPSA) is 135 Å². The van der Waals surface area contributed by atoms with Gasteiger partial charge in [-0.2, -0.15) is 4.39 Å². The summed E-state index contributed by atoms with van der Waals surface area (Å²) in [5.74, 6) is -1.76. The number of pyridine rings is 1. The third-order valence-electron chi connectivity index (χ3n) is 4.69. The normalized spacial score (nSPS) is 11.2. The number of H-pyrrole nitrogens is 1. The number of benzene rings is 1. The molecule has 0 amide bonds. The highest BCUT2D eigenvalue weighted by Gasteiger charge is 2.31. The minimum Gasteiger partial charge on any atom is -0.385 e. The first-order valence-corrected chi connectivity index (χ1v) is 9.46. The molecule has 0 unspecified atom stereocenters. The van der Waals surface area contributed by atoms with E-state index >= 15 is 0 Å². The molecule has 4 N–H and O–H groups in total. The Morgan fingerprint density at radius 1 is 1.28 bits per heavy atom. The van der Waals surface area contributed by atoms with E-state index in [0.29, 0.717) is 5.56 Å². The van der Waals surface area contributed by atoms with Crippen molar-refractivity contribution >= 4 is 17.3 Å². The zero-order chi connectivity index (χ0) is 23.8. The summed E-state index contributed by atoms with van der Waals surface area (Å²) in [5.41, 5.74) is 2.29. The van der Waals surface area contributed by atoms with Gasteiger partial charge in [0, 0.05) is 5.56 Å². The number of halogens is 1. The second kappa shape index (κ2) is 8.20. The molecule has 164 valence electrons. The maximum atomic E-state index is 13.7. The van der Waals surface area contributed by atoms with E-state index in [1.165, 1.54) is 32.0 Å². The summed E-state index contributed by atoms with van der Waals surface area (Å²) < 4.78 is 14.7. The Hall–Kier alpha value is -4.10. The van der Waals surface area contributed by atoms with E-state index in [1.54, 1.807) is 13.0 Å².